The first-order valence-corrected chi connectivity index (χ1v) is 8.82. The number of carbonyl (C=O) groups is 1. The molecule has 2 atom stereocenters. The number of hydrogen-bond donors (Lipinski definition) is 1. The van der Waals surface area contributed by atoms with Crippen LogP contribution in [0.3, 0.4) is 0 Å². The van der Waals surface area contributed by atoms with Crippen LogP contribution in [0.4, 0.5) is 4.79 Å². The molecule has 0 bridgehead atoms. The van der Waals surface area contributed by atoms with Crippen LogP contribution >= 0.6 is 0 Å². The van der Waals surface area contributed by atoms with E-state index in [1.54, 1.807) is 7.11 Å². The van der Waals surface area contributed by atoms with Gasteiger partial charge in [-0.15, -0.1) is 0 Å². The Morgan fingerprint density at radius 1 is 1.26 bits per heavy atom. The molecule has 1 fully saturated rings. The standard InChI is InChI=1S/C18H36N2O3/c1-14(12-18(5,6)22-7)19-13-15-10-8-9-11-20(15)16(21)23-17(2,3)4/h14-15,19H,8-13H2,1-7H3. The molecule has 1 rings (SSSR count). The third kappa shape index (κ3) is 7.53. The minimum Gasteiger partial charge on any atom is -0.444 e. The van der Waals surface area contributed by atoms with Gasteiger partial charge in [0, 0.05) is 32.3 Å². The molecule has 5 nitrogen and oxygen atoms in total. The number of nitrogens with zero attached hydrogens (tertiary/aromatic N) is 1. The molecule has 0 spiro atoms. The second-order valence-corrected chi connectivity index (χ2v) is 8.30. The molecular weight excluding hydrogens is 292 g/mol. The number of likely N-dealkylation sites (tertiary alicyclic amines) is 1. The monoisotopic (exact) mass is 328 g/mol. The van der Waals surface area contributed by atoms with Crippen LogP contribution in [0, 0.1) is 0 Å². The van der Waals surface area contributed by atoms with Gasteiger partial charge in [0.25, 0.3) is 0 Å². The zero-order valence-corrected chi connectivity index (χ0v) is 16.1. The van der Waals surface area contributed by atoms with Crippen LogP contribution in [0.2, 0.25) is 0 Å². The molecular formula is C18H36N2O3. The lowest BCUT2D eigenvalue weighted by Gasteiger charge is -2.37. The second-order valence-electron chi connectivity index (χ2n) is 8.30. The highest BCUT2D eigenvalue weighted by Gasteiger charge is 2.30. The van der Waals surface area contributed by atoms with E-state index in [9.17, 15) is 4.79 Å². The largest absolute Gasteiger partial charge is 0.444 e. The molecule has 0 aromatic heterocycles. The lowest BCUT2D eigenvalue weighted by atomic mass is 9.98. The summed E-state index contributed by atoms with van der Waals surface area (Å²) in [4.78, 5) is 14.3. The SMILES string of the molecule is COC(C)(C)CC(C)NCC1CCCCN1C(=O)OC(C)(C)C. The summed E-state index contributed by atoms with van der Waals surface area (Å²) < 4.78 is 11.0. The summed E-state index contributed by atoms with van der Waals surface area (Å²) in [6.07, 6.45) is 4.01. The van der Waals surface area contributed by atoms with E-state index in [0.29, 0.717) is 6.04 Å². The Morgan fingerprint density at radius 3 is 2.48 bits per heavy atom. The average Bonchev–Trinajstić information content (AvgIpc) is 2.43. The molecule has 0 aliphatic carbocycles. The Morgan fingerprint density at radius 2 is 1.91 bits per heavy atom. The molecule has 0 radical (unpaired) electrons. The van der Waals surface area contributed by atoms with Gasteiger partial charge in [0.15, 0.2) is 0 Å². The first-order valence-electron chi connectivity index (χ1n) is 8.82. The van der Waals surface area contributed by atoms with Gasteiger partial charge in [0.1, 0.15) is 5.60 Å². The number of methoxy groups -OCH3 is 1. The van der Waals surface area contributed by atoms with Crippen LogP contribution in [0.25, 0.3) is 0 Å². The summed E-state index contributed by atoms with van der Waals surface area (Å²) in [7, 11) is 1.75. The van der Waals surface area contributed by atoms with Crippen LogP contribution in [-0.2, 0) is 9.47 Å². The van der Waals surface area contributed by atoms with Gasteiger partial charge >= 0.3 is 6.09 Å². The van der Waals surface area contributed by atoms with Gasteiger partial charge in [-0.25, -0.2) is 4.79 Å². The van der Waals surface area contributed by atoms with Crippen LogP contribution < -0.4 is 5.32 Å². The van der Waals surface area contributed by atoms with Crippen molar-refractivity contribution in [1.82, 2.24) is 10.2 Å². The molecule has 1 amide bonds. The molecule has 0 aromatic carbocycles. The van der Waals surface area contributed by atoms with Crippen molar-refractivity contribution in [2.75, 3.05) is 20.2 Å². The van der Waals surface area contributed by atoms with Crippen molar-refractivity contribution in [2.45, 2.75) is 90.5 Å². The van der Waals surface area contributed by atoms with Crippen molar-refractivity contribution in [2.24, 2.45) is 0 Å². The summed E-state index contributed by atoms with van der Waals surface area (Å²) >= 11 is 0. The highest BCUT2D eigenvalue weighted by atomic mass is 16.6. The van der Waals surface area contributed by atoms with Crippen molar-refractivity contribution < 1.29 is 14.3 Å². The molecule has 2 unspecified atom stereocenters. The van der Waals surface area contributed by atoms with Crippen molar-refractivity contribution in [1.29, 1.82) is 0 Å². The lowest BCUT2D eigenvalue weighted by Crippen LogP contribution is -2.51. The van der Waals surface area contributed by atoms with Crippen LogP contribution in [-0.4, -0.2) is 54.5 Å². The molecule has 0 saturated carbocycles. The Hall–Kier alpha value is -0.810. The Labute approximate surface area is 142 Å². The van der Waals surface area contributed by atoms with Gasteiger partial charge < -0.3 is 19.7 Å². The number of piperidine rings is 1. The van der Waals surface area contributed by atoms with Crippen molar-refractivity contribution in [3.8, 4) is 0 Å². The molecule has 136 valence electrons. The fourth-order valence-corrected chi connectivity index (χ4v) is 3.00. The highest BCUT2D eigenvalue weighted by molar-refractivity contribution is 5.68. The number of nitrogens with one attached hydrogen (secondary N) is 1. The summed E-state index contributed by atoms with van der Waals surface area (Å²) in [5, 5.41) is 3.56. The van der Waals surface area contributed by atoms with E-state index >= 15 is 0 Å². The molecule has 1 N–H and O–H groups in total. The minimum absolute atomic E-state index is 0.135. The smallest absolute Gasteiger partial charge is 0.410 e. The molecule has 1 heterocycles. The summed E-state index contributed by atoms with van der Waals surface area (Å²) in [5.74, 6) is 0. The fourth-order valence-electron chi connectivity index (χ4n) is 3.00. The molecule has 1 saturated heterocycles. The summed E-state index contributed by atoms with van der Waals surface area (Å²) in [6, 6.07) is 0.555. The zero-order chi connectivity index (χ0) is 17.7. The van der Waals surface area contributed by atoms with Crippen molar-refractivity contribution >= 4 is 6.09 Å². The quantitative estimate of drug-likeness (QED) is 0.810. The molecule has 23 heavy (non-hydrogen) atoms. The van der Waals surface area contributed by atoms with Gasteiger partial charge in [0.2, 0.25) is 0 Å². The molecule has 0 aromatic rings. The number of ether oxygens (including phenoxy) is 2. The van der Waals surface area contributed by atoms with E-state index in [0.717, 1.165) is 32.4 Å². The predicted octanol–water partition coefficient (Wildman–Crippen LogP) is 3.57. The van der Waals surface area contributed by atoms with Gasteiger partial charge in [0.05, 0.1) is 5.60 Å². The number of hydrogen-bond acceptors (Lipinski definition) is 4. The number of carbonyl (C=O) groups excluding carboxylic acids is 1. The average molecular weight is 328 g/mol. The molecule has 1 aliphatic heterocycles. The van der Waals surface area contributed by atoms with E-state index < -0.39 is 5.60 Å². The second kappa shape index (κ2) is 8.34. The van der Waals surface area contributed by atoms with Crippen LogP contribution in [0.1, 0.15) is 67.2 Å². The topological polar surface area (TPSA) is 50.8 Å². The van der Waals surface area contributed by atoms with E-state index in [1.165, 1.54) is 6.42 Å². The Bertz CT molecular complexity index is 377. The van der Waals surface area contributed by atoms with E-state index in [-0.39, 0.29) is 17.7 Å². The van der Waals surface area contributed by atoms with Gasteiger partial charge in [-0.1, -0.05) is 0 Å². The molecule has 1 aliphatic rings. The van der Waals surface area contributed by atoms with E-state index in [1.807, 2.05) is 25.7 Å². The maximum atomic E-state index is 12.4. The Kier molecular flexibility index (Phi) is 7.33. The van der Waals surface area contributed by atoms with Crippen molar-refractivity contribution in [3.63, 3.8) is 0 Å². The van der Waals surface area contributed by atoms with Crippen LogP contribution in [0.15, 0.2) is 0 Å². The van der Waals surface area contributed by atoms with E-state index in [2.05, 4.69) is 26.1 Å². The zero-order valence-electron chi connectivity index (χ0n) is 16.1. The number of rotatable bonds is 6. The highest BCUT2D eigenvalue weighted by Crippen LogP contribution is 2.21. The van der Waals surface area contributed by atoms with Crippen LogP contribution in [0.5, 0.6) is 0 Å². The third-order valence-corrected chi connectivity index (χ3v) is 4.31. The first-order chi connectivity index (χ1) is 10.5. The number of amides is 1. The normalized spacial score (nSPS) is 21.2. The predicted molar refractivity (Wildman–Crippen MR) is 93.7 cm³/mol. The minimum atomic E-state index is -0.442. The third-order valence-electron chi connectivity index (χ3n) is 4.31. The summed E-state index contributed by atoms with van der Waals surface area (Å²) in [5.41, 5.74) is -0.577. The summed E-state index contributed by atoms with van der Waals surface area (Å²) in [6.45, 7) is 13.7. The Balaban J connectivity index is 2.53. The van der Waals surface area contributed by atoms with E-state index in [4.69, 9.17) is 9.47 Å². The maximum Gasteiger partial charge on any atom is 0.410 e. The molecule has 5 heteroatoms. The van der Waals surface area contributed by atoms with Gasteiger partial charge in [-0.2, -0.15) is 0 Å². The fraction of sp³-hybridized carbons (Fsp3) is 0.944. The maximum absolute atomic E-state index is 12.4. The van der Waals surface area contributed by atoms with Crippen molar-refractivity contribution in [3.05, 3.63) is 0 Å². The van der Waals surface area contributed by atoms with Gasteiger partial charge in [-0.3, -0.25) is 0 Å². The first kappa shape index (κ1) is 20.2. The van der Waals surface area contributed by atoms with Gasteiger partial charge in [-0.05, 0) is 67.2 Å². The lowest BCUT2D eigenvalue weighted by molar-refractivity contribution is 0.00297.